The Morgan fingerprint density at radius 2 is 2.05 bits per heavy atom. The van der Waals surface area contributed by atoms with Crippen molar-refractivity contribution in [2.75, 3.05) is 16.8 Å². The number of carbonyl (C=O) groups is 1. The van der Waals surface area contributed by atoms with Crippen molar-refractivity contribution in [3.8, 4) is 0 Å². The maximum absolute atomic E-state index is 12.2. The van der Waals surface area contributed by atoms with Crippen LogP contribution < -0.4 is 11.1 Å². The van der Waals surface area contributed by atoms with Crippen LogP contribution in [0.2, 0.25) is 0 Å². The number of nitrogens with one attached hydrogen (secondary N) is 1. The summed E-state index contributed by atoms with van der Waals surface area (Å²) in [4.78, 5) is 12.2. The molecule has 1 heterocycles. The van der Waals surface area contributed by atoms with Gasteiger partial charge in [0.15, 0.2) is 0 Å². The summed E-state index contributed by atoms with van der Waals surface area (Å²) in [6.07, 6.45) is 0.986. The first-order chi connectivity index (χ1) is 8.89. The first kappa shape index (κ1) is 14.3. The van der Waals surface area contributed by atoms with E-state index in [0.29, 0.717) is 0 Å². The van der Waals surface area contributed by atoms with Crippen LogP contribution in [0.5, 0.6) is 0 Å². The van der Waals surface area contributed by atoms with Gasteiger partial charge in [-0.2, -0.15) is 11.8 Å². The molecule has 2 rings (SSSR count). The maximum atomic E-state index is 12.2. The van der Waals surface area contributed by atoms with E-state index in [-0.39, 0.29) is 11.3 Å². The van der Waals surface area contributed by atoms with Crippen molar-refractivity contribution in [1.29, 1.82) is 0 Å². The minimum atomic E-state index is -0.679. The molecule has 1 aliphatic rings. The predicted molar refractivity (Wildman–Crippen MR) is 82.5 cm³/mol. The van der Waals surface area contributed by atoms with Crippen LogP contribution in [0.3, 0.4) is 0 Å². The summed E-state index contributed by atoms with van der Waals surface area (Å²) in [6.45, 7) is 6.30. The summed E-state index contributed by atoms with van der Waals surface area (Å²) in [6, 6.07) is 8.03. The normalized spacial score (nSPS) is 25.8. The molecular weight excluding hydrogens is 256 g/mol. The SMILES string of the molecule is Cc1ccccc1NC1(C(N)=O)CSCCC1(C)C. The molecule has 19 heavy (non-hydrogen) atoms. The van der Waals surface area contributed by atoms with Crippen molar-refractivity contribution >= 4 is 23.4 Å². The van der Waals surface area contributed by atoms with Gasteiger partial charge < -0.3 is 11.1 Å². The highest BCUT2D eigenvalue weighted by Crippen LogP contribution is 2.44. The number of hydrogen-bond acceptors (Lipinski definition) is 3. The van der Waals surface area contributed by atoms with Gasteiger partial charge in [-0.15, -0.1) is 0 Å². The number of nitrogens with two attached hydrogens (primary N) is 1. The fraction of sp³-hybridized carbons (Fsp3) is 0.533. The van der Waals surface area contributed by atoms with Crippen LogP contribution in [0.15, 0.2) is 24.3 Å². The first-order valence-corrected chi connectivity index (χ1v) is 7.76. The fourth-order valence-corrected chi connectivity index (χ4v) is 4.29. The Hall–Kier alpha value is -1.16. The van der Waals surface area contributed by atoms with Crippen molar-refractivity contribution in [2.24, 2.45) is 11.1 Å². The Balaban J connectivity index is 2.41. The van der Waals surface area contributed by atoms with E-state index < -0.39 is 5.54 Å². The average molecular weight is 278 g/mol. The number of benzene rings is 1. The largest absolute Gasteiger partial charge is 0.370 e. The number of thioether (sulfide) groups is 1. The van der Waals surface area contributed by atoms with Crippen molar-refractivity contribution in [2.45, 2.75) is 32.7 Å². The van der Waals surface area contributed by atoms with Gasteiger partial charge in [0.1, 0.15) is 5.54 Å². The van der Waals surface area contributed by atoms with Crippen LogP contribution in [0.25, 0.3) is 0 Å². The van der Waals surface area contributed by atoms with Crippen molar-refractivity contribution in [1.82, 2.24) is 0 Å². The summed E-state index contributed by atoms with van der Waals surface area (Å²) < 4.78 is 0. The number of amides is 1. The van der Waals surface area contributed by atoms with Gasteiger partial charge >= 0.3 is 0 Å². The number of rotatable bonds is 3. The summed E-state index contributed by atoms with van der Waals surface area (Å²) in [5.41, 5.74) is 7.07. The molecule has 1 amide bonds. The van der Waals surface area contributed by atoms with Gasteiger partial charge in [0.2, 0.25) is 5.91 Å². The fourth-order valence-electron chi connectivity index (χ4n) is 2.58. The number of anilines is 1. The van der Waals surface area contributed by atoms with E-state index in [0.717, 1.165) is 29.2 Å². The lowest BCUT2D eigenvalue weighted by atomic mass is 9.70. The maximum Gasteiger partial charge on any atom is 0.244 e. The van der Waals surface area contributed by atoms with Crippen LogP contribution >= 0.6 is 11.8 Å². The molecule has 1 aromatic rings. The molecular formula is C15H22N2OS. The van der Waals surface area contributed by atoms with Gasteiger partial charge in [-0.05, 0) is 36.1 Å². The average Bonchev–Trinajstić information content (AvgIpc) is 2.34. The molecule has 0 aliphatic carbocycles. The Morgan fingerprint density at radius 1 is 1.37 bits per heavy atom. The molecule has 0 radical (unpaired) electrons. The van der Waals surface area contributed by atoms with Gasteiger partial charge in [0.25, 0.3) is 0 Å². The van der Waals surface area contributed by atoms with Crippen LogP contribution in [0, 0.1) is 12.3 Å². The van der Waals surface area contributed by atoms with Crippen molar-refractivity contribution in [3.63, 3.8) is 0 Å². The highest BCUT2D eigenvalue weighted by atomic mass is 32.2. The molecule has 104 valence electrons. The Morgan fingerprint density at radius 3 is 2.63 bits per heavy atom. The van der Waals surface area contributed by atoms with Crippen LogP contribution in [-0.4, -0.2) is 23.0 Å². The molecule has 1 atom stereocenters. The second kappa shape index (κ2) is 5.08. The zero-order chi connectivity index (χ0) is 14.1. The lowest BCUT2D eigenvalue weighted by Gasteiger charge is -2.48. The molecule has 1 aromatic carbocycles. The summed E-state index contributed by atoms with van der Waals surface area (Å²) >= 11 is 1.79. The second-order valence-electron chi connectivity index (χ2n) is 5.90. The second-order valence-corrected chi connectivity index (χ2v) is 7.00. The molecule has 3 nitrogen and oxygen atoms in total. The highest BCUT2D eigenvalue weighted by Gasteiger charge is 2.51. The lowest BCUT2D eigenvalue weighted by Crippen LogP contribution is -2.63. The molecule has 0 spiro atoms. The quantitative estimate of drug-likeness (QED) is 0.894. The lowest BCUT2D eigenvalue weighted by molar-refractivity contribution is -0.125. The van der Waals surface area contributed by atoms with Gasteiger partial charge in [0.05, 0.1) is 0 Å². The van der Waals surface area contributed by atoms with Crippen molar-refractivity contribution < 1.29 is 4.79 Å². The molecule has 1 aliphatic heterocycles. The molecule has 1 saturated heterocycles. The third-order valence-corrected chi connectivity index (χ3v) is 5.39. The van der Waals surface area contributed by atoms with Crippen LogP contribution in [0.4, 0.5) is 5.69 Å². The monoisotopic (exact) mass is 278 g/mol. The smallest absolute Gasteiger partial charge is 0.244 e. The van der Waals surface area contributed by atoms with Crippen molar-refractivity contribution in [3.05, 3.63) is 29.8 Å². The highest BCUT2D eigenvalue weighted by molar-refractivity contribution is 7.99. The first-order valence-electron chi connectivity index (χ1n) is 6.60. The predicted octanol–water partition coefficient (Wildman–Crippen LogP) is 2.79. The van der Waals surface area contributed by atoms with E-state index in [1.807, 2.05) is 31.2 Å². The van der Waals surface area contributed by atoms with E-state index in [2.05, 4.69) is 19.2 Å². The zero-order valence-corrected chi connectivity index (χ0v) is 12.6. The molecule has 1 unspecified atom stereocenters. The number of para-hydroxylation sites is 1. The van der Waals surface area contributed by atoms with Gasteiger partial charge in [-0.3, -0.25) is 4.79 Å². The third kappa shape index (κ3) is 2.46. The van der Waals surface area contributed by atoms with Crippen LogP contribution in [-0.2, 0) is 4.79 Å². The molecule has 0 bridgehead atoms. The van der Waals surface area contributed by atoms with Gasteiger partial charge in [0, 0.05) is 11.4 Å². The van der Waals surface area contributed by atoms with Gasteiger partial charge in [-0.1, -0.05) is 32.0 Å². The number of carbonyl (C=O) groups excluding carboxylic acids is 1. The standard InChI is InChI=1S/C15H22N2OS/c1-11-6-4-5-7-12(11)17-15(13(16)18)10-19-9-8-14(15,2)3/h4-7,17H,8-10H2,1-3H3,(H2,16,18). The summed E-state index contributed by atoms with van der Waals surface area (Å²) in [5.74, 6) is 1.55. The number of aryl methyl sites for hydroxylation is 1. The third-order valence-electron chi connectivity index (χ3n) is 4.26. The number of hydrogen-bond donors (Lipinski definition) is 2. The topological polar surface area (TPSA) is 55.1 Å². The van der Waals surface area contributed by atoms with E-state index in [9.17, 15) is 4.79 Å². The van der Waals surface area contributed by atoms with E-state index >= 15 is 0 Å². The van der Waals surface area contributed by atoms with E-state index in [1.165, 1.54) is 0 Å². The van der Waals surface area contributed by atoms with Gasteiger partial charge in [-0.25, -0.2) is 0 Å². The minimum Gasteiger partial charge on any atom is -0.370 e. The Labute approximate surface area is 119 Å². The summed E-state index contributed by atoms with van der Waals surface area (Å²) in [5, 5.41) is 3.46. The molecule has 3 N–H and O–H groups in total. The minimum absolute atomic E-state index is 0.146. The molecule has 0 saturated carbocycles. The summed E-state index contributed by atoms with van der Waals surface area (Å²) in [7, 11) is 0. The number of primary amides is 1. The zero-order valence-electron chi connectivity index (χ0n) is 11.8. The Bertz CT molecular complexity index is 487. The van der Waals surface area contributed by atoms with E-state index in [4.69, 9.17) is 5.73 Å². The van der Waals surface area contributed by atoms with Crippen LogP contribution in [0.1, 0.15) is 25.8 Å². The van der Waals surface area contributed by atoms with E-state index in [1.54, 1.807) is 11.8 Å². The molecule has 1 fully saturated rings. The molecule has 4 heteroatoms. The Kier molecular flexibility index (Phi) is 3.81. The molecule has 0 aromatic heterocycles.